The normalized spacial score (nSPS) is 17.4. The summed E-state index contributed by atoms with van der Waals surface area (Å²) in [6.07, 6.45) is 12.0. The molecular weight excluding hydrogens is 879 g/mol. The lowest BCUT2D eigenvalue weighted by molar-refractivity contribution is -0.127. The van der Waals surface area contributed by atoms with Crippen LogP contribution in [0.25, 0.3) is 0 Å². The molecule has 0 radical (unpaired) electrons. The zero-order chi connectivity index (χ0) is 48.4. The monoisotopic (exact) mass is 933 g/mol. The number of anilines is 2. The van der Waals surface area contributed by atoms with Gasteiger partial charge < -0.3 is 34.9 Å². The first-order chi connectivity index (χ1) is 33.2. The van der Waals surface area contributed by atoms with E-state index < -0.39 is 11.8 Å². The standard InChI is InChI=1S/C53H55N7O9/c1-53(2,3)15-14-48(61)56-27-49(62)57-28-50(63)58-35-17-31(29-68-46-23-40-38(21-44(46)66-4)51(64)59-36(25-54-40)19-33-10-6-8-12-42(33)59)16-32(18-35)30-69-47-24-41-39(22-45(47)67-5)52(65)60-37(26-55-41)20-34-11-7-9-13-43(34)60/h6,8-10,12-13,16-18,21-26,36-37H,7,11,14-15,19-20,27-30H2,1-5H3,(H,56,61)(H,57,62)(H,58,63)/t36?,37-/m0/s1. The van der Waals surface area contributed by atoms with Crippen LogP contribution >= 0.6 is 0 Å². The van der Waals surface area contributed by atoms with Gasteiger partial charge >= 0.3 is 0 Å². The van der Waals surface area contributed by atoms with Gasteiger partial charge in [0.1, 0.15) is 13.2 Å². The Labute approximate surface area is 400 Å². The van der Waals surface area contributed by atoms with Crippen LogP contribution in [-0.4, -0.2) is 86.3 Å². The summed E-state index contributed by atoms with van der Waals surface area (Å²) in [5, 5.41) is 8.03. The highest BCUT2D eigenvalue weighted by Crippen LogP contribution is 2.44. The fourth-order valence-electron chi connectivity index (χ4n) is 9.17. The van der Waals surface area contributed by atoms with Gasteiger partial charge in [-0.2, -0.15) is 0 Å². The number of methoxy groups -OCH3 is 2. The second kappa shape index (κ2) is 19.5. The van der Waals surface area contributed by atoms with E-state index in [0.29, 0.717) is 75.2 Å². The highest BCUT2D eigenvalue weighted by Gasteiger charge is 2.39. The molecule has 5 amide bonds. The molecule has 2 atom stereocenters. The summed E-state index contributed by atoms with van der Waals surface area (Å²) >= 11 is 0. The van der Waals surface area contributed by atoms with Gasteiger partial charge in [-0.3, -0.25) is 43.8 Å². The van der Waals surface area contributed by atoms with Crippen molar-refractivity contribution in [3.8, 4) is 23.0 Å². The molecule has 4 heterocycles. The minimum Gasteiger partial charge on any atom is -0.493 e. The number of aliphatic imine (C=N–C) groups is 2. The molecule has 1 unspecified atom stereocenters. The summed E-state index contributed by atoms with van der Waals surface area (Å²) in [6.45, 7) is 5.50. The molecule has 5 aliphatic rings. The van der Waals surface area contributed by atoms with Crippen LogP contribution in [0.5, 0.6) is 23.0 Å². The van der Waals surface area contributed by atoms with E-state index in [1.165, 1.54) is 19.8 Å². The van der Waals surface area contributed by atoms with Crippen molar-refractivity contribution in [2.45, 2.75) is 84.6 Å². The van der Waals surface area contributed by atoms with Crippen molar-refractivity contribution in [3.63, 3.8) is 0 Å². The van der Waals surface area contributed by atoms with Crippen LogP contribution in [0.4, 0.5) is 22.7 Å². The molecule has 0 saturated carbocycles. The molecule has 0 saturated heterocycles. The van der Waals surface area contributed by atoms with Crippen molar-refractivity contribution < 1.29 is 42.9 Å². The Hall–Kier alpha value is -7.75. The molecular formula is C53H55N7O9. The van der Waals surface area contributed by atoms with E-state index >= 15 is 0 Å². The quantitative estimate of drug-likeness (QED) is 0.107. The number of fused-ring (bicyclic) bond motifs is 7. The van der Waals surface area contributed by atoms with Crippen molar-refractivity contribution in [3.05, 3.63) is 118 Å². The average Bonchev–Trinajstić information content (AvgIpc) is 3.83. The van der Waals surface area contributed by atoms with E-state index in [2.05, 4.69) is 22.0 Å². The topological polar surface area (TPSA) is 190 Å². The van der Waals surface area contributed by atoms with Crippen molar-refractivity contribution in [2.24, 2.45) is 15.4 Å². The van der Waals surface area contributed by atoms with Gasteiger partial charge in [0.05, 0.1) is 61.9 Å². The molecule has 0 aromatic heterocycles. The number of ether oxygens (including phenoxy) is 4. The Kier molecular flexibility index (Phi) is 13.1. The number of carbonyl (C=O) groups is 5. The number of nitrogens with zero attached hydrogens (tertiary/aromatic N) is 4. The van der Waals surface area contributed by atoms with Crippen LogP contribution in [-0.2, 0) is 34.0 Å². The third-order valence-electron chi connectivity index (χ3n) is 12.7. The van der Waals surface area contributed by atoms with E-state index in [1.54, 1.807) is 47.5 Å². The lowest BCUT2D eigenvalue weighted by Gasteiger charge is -2.24. The Bertz CT molecular complexity index is 2880. The summed E-state index contributed by atoms with van der Waals surface area (Å²) in [5.41, 5.74) is 7.46. The van der Waals surface area contributed by atoms with Gasteiger partial charge in [-0.25, -0.2) is 0 Å². The molecule has 0 spiro atoms. The van der Waals surface area contributed by atoms with Crippen LogP contribution in [0.15, 0.2) is 100 Å². The minimum atomic E-state index is -0.509. The zero-order valence-corrected chi connectivity index (χ0v) is 39.3. The zero-order valence-electron chi connectivity index (χ0n) is 39.3. The second-order valence-corrected chi connectivity index (χ2v) is 18.8. The van der Waals surface area contributed by atoms with Crippen molar-refractivity contribution in [1.29, 1.82) is 0 Å². The highest BCUT2D eigenvalue weighted by molar-refractivity contribution is 6.15. The molecule has 1 aliphatic carbocycles. The summed E-state index contributed by atoms with van der Waals surface area (Å²) in [6, 6.07) is 19.4. The van der Waals surface area contributed by atoms with Crippen LogP contribution in [0, 0.1) is 5.41 Å². The van der Waals surface area contributed by atoms with Crippen LogP contribution < -0.4 is 39.8 Å². The van der Waals surface area contributed by atoms with Crippen molar-refractivity contribution in [1.82, 2.24) is 15.5 Å². The van der Waals surface area contributed by atoms with Crippen molar-refractivity contribution in [2.75, 3.05) is 37.5 Å². The Balaban J connectivity index is 0.933. The summed E-state index contributed by atoms with van der Waals surface area (Å²) in [7, 11) is 3.01. The molecule has 0 fully saturated rings. The van der Waals surface area contributed by atoms with Crippen LogP contribution in [0.2, 0.25) is 0 Å². The number of nitrogens with one attached hydrogen (secondary N) is 3. The maximum absolute atomic E-state index is 14.0. The summed E-state index contributed by atoms with van der Waals surface area (Å²) < 4.78 is 24.3. The molecule has 4 aromatic rings. The first-order valence-electron chi connectivity index (χ1n) is 23.1. The van der Waals surface area contributed by atoms with E-state index in [4.69, 9.17) is 28.9 Å². The smallest absolute Gasteiger partial charge is 0.261 e. The summed E-state index contributed by atoms with van der Waals surface area (Å²) in [4.78, 5) is 79.3. The molecule has 9 rings (SSSR count). The van der Waals surface area contributed by atoms with Gasteiger partial charge in [0.2, 0.25) is 17.7 Å². The number of rotatable bonds is 15. The number of carbonyl (C=O) groups excluding carboxylic acids is 5. The molecule has 0 bridgehead atoms. The van der Waals surface area contributed by atoms with Crippen molar-refractivity contribution >= 4 is 64.7 Å². The highest BCUT2D eigenvalue weighted by atomic mass is 16.5. The fourth-order valence-corrected chi connectivity index (χ4v) is 9.17. The predicted octanol–water partition coefficient (Wildman–Crippen LogP) is 7.68. The Morgan fingerprint density at radius 2 is 1.30 bits per heavy atom. The lowest BCUT2D eigenvalue weighted by Crippen LogP contribution is -2.40. The fraction of sp³-hybridized carbons (Fsp3) is 0.340. The predicted molar refractivity (Wildman–Crippen MR) is 261 cm³/mol. The SMILES string of the molecule is COc1cc2c(cc1OCc1cc(COc3cc4c(cc3OC)C(=O)N3C5=C(CCC=C5)C[C@H]3C=N4)cc(NC(=O)CNC(=O)CNC(=O)CCC(C)(C)C)c1)N=CC1Cc3ccccc3N1C2=O. The number of benzene rings is 4. The molecule has 16 heteroatoms. The van der Waals surface area contributed by atoms with E-state index in [1.807, 2.05) is 68.3 Å². The van der Waals surface area contributed by atoms with E-state index in [0.717, 1.165) is 36.2 Å². The van der Waals surface area contributed by atoms with Crippen LogP contribution in [0.3, 0.4) is 0 Å². The first kappa shape index (κ1) is 46.4. The number of para-hydroxylation sites is 1. The van der Waals surface area contributed by atoms with Gasteiger partial charge in [-0.1, -0.05) is 45.0 Å². The molecule has 16 nitrogen and oxygen atoms in total. The molecule has 4 aliphatic heterocycles. The Morgan fingerprint density at radius 3 is 1.94 bits per heavy atom. The van der Waals surface area contributed by atoms with Gasteiger partial charge in [0, 0.05) is 54.5 Å². The first-order valence-corrected chi connectivity index (χ1v) is 23.1. The number of amides is 5. The molecule has 4 aromatic carbocycles. The van der Waals surface area contributed by atoms with E-state index in [-0.39, 0.29) is 67.9 Å². The summed E-state index contributed by atoms with van der Waals surface area (Å²) in [5.74, 6) is -0.220. The van der Waals surface area contributed by atoms with Crippen LogP contribution in [0.1, 0.15) is 90.3 Å². The average molecular weight is 934 g/mol. The molecule has 356 valence electrons. The lowest BCUT2D eigenvalue weighted by atomic mass is 9.90. The molecule has 69 heavy (non-hydrogen) atoms. The molecule has 3 N–H and O–H groups in total. The van der Waals surface area contributed by atoms with Gasteiger partial charge in [0.15, 0.2) is 23.0 Å². The minimum absolute atomic E-state index is 0.00128. The largest absolute Gasteiger partial charge is 0.493 e. The Morgan fingerprint density at radius 1 is 0.710 bits per heavy atom. The van der Waals surface area contributed by atoms with E-state index in [9.17, 15) is 24.0 Å². The van der Waals surface area contributed by atoms with Gasteiger partial charge in [-0.15, -0.1) is 0 Å². The second-order valence-electron chi connectivity index (χ2n) is 18.8. The van der Waals surface area contributed by atoms with Gasteiger partial charge in [-0.05, 0) is 95.8 Å². The third-order valence-corrected chi connectivity index (χ3v) is 12.7. The number of hydrogen-bond acceptors (Lipinski definition) is 11. The maximum atomic E-state index is 14.0. The number of allylic oxidation sites excluding steroid dienone is 2. The maximum Gasteiger partial charge on any atom is 0.261 e. The van der Waals surface area contributed by atoms with Gasteiger partial charge in [0.25, 0.3) is 11.8 Å². The number of hydrogen-bond donors (Lipinski definition) is 3. The third kappa shape index (κ3) is 10.1.